The lowest BCUT2D eigenvalue weighted by Crippen LogP contribution is -2.42. The molecule has 8 heteroatoms. The predicted molar refractivity (Wildman–Crippen MR) is 140 cm³/mol. The number of aromatic nitrogens is 1. The van der Waals surface area contributed by atoms with Gasteiger partial charge < -0.3 is 19.1 Å². The van der Waals surface area contributed by atoms with Crippen molar-refractivity contribution in [3.8, 4) is 21.9 Å². The van der Waals surface area contributed by atoms with Crippen molar-refractivity contribution in [1.82, 2.24) is 9.88 Å². The summed E-state index contributed by atoms with van der Waals surface area (Å²) in [4.78, 5) is 32.6. The van der Waals surface area contributed by atoms with E-state index < -0.39 is 11.6 Å². The van der Waals surface area contributed by atoms with Crippen molar-refractivity contribution in [3.63, 3.8) is 0 Å². The number of ether oxygens (including phenoxy) is 3. The largest absolute Gasteiger partial charge is 0.461 e. The van der Waals surface area contributed by atoms with Gasteiger partial charge in [0.2, 0.25) is 0 Å². The van der Waals surface area contributed by atoms with E-state index in [0.717, 1.165) is 34.0 Å². The molecular formula is C28H32N2O5S. The van der Waals surface area contributed by atoms with Crippen LogP contribution in [0.3, 0.4) is 0 Å². The topological polar surface area (TPSA) is 78.0 Å². The highest BCUT2D eigenvalue weighted by molar-refractivity contribution is 7.15. The molecule has 0 saturated carbocycles. The van der Waals surface area contributed by atoms with Crippen molar-refractivity contribution >= 4 is 23.4 Å². The molecule has 0 aliphatic carbocycles. The highest BCUT2D eigenvalue weighted by Crippen LogP contribution is 2.38. The van der Waals surface area contributed by atoms with Crippen LogP contribution in [-0.2, 0) is 9.47 Å². The van der Waals surface area contributed by atoms with Gasteiger partial charge in [-0.25, -0.2) is 14.6 Å². The first-order valence-corrected chi connectivity index (χ1v) is 13.0. The Bertz CT molecular complexity index is 1180. The second-order valence-electron chi connectivity index (χ2n) is 9.66. The van der Waals surface area contributed by atoms with E-state index in [-0.39, 0.29) is 18.6 Å². The van der Waals surface area contributed by atoms with Crippen molar-refractivity contribution < 1.29 is 23.8 Å². The Hall–Kier alpha value is -3.39. The minimum absolute atomic E-state index is 0.0267. The number of benzene rings is 2. The first-order chi connectivity index (χ1) is 17.2. The van der Waals surface area contributed by atoms with Gasteiger partial charge in [0.1, 0.15) is 17.1 Å². The van der Waals surface area contributed by atoms with Crippen molar-refractivity contribution in [2.75, 3.05) is 19.7 Å². The van der Waals surface area contributed by atoms with E-state index in [4.69, 9.17) is 19.2 Å². The molecule has 1 saturated heterocycles. The number of carbonyl (C=O) groups excluding carboxylic acids is 2. The minimum Gasteiger partial charge on any atom is -0.461 e. The van der Waals surface area contributed by atoms with E-state index in [2.05, 4.69) is 0 Å². The Balaban J connectivity index is 1.57. The molecule has 36 heavy (non-hydrogen) atoms. The summed E-state index contributed by atoms with van der Waals surface area (Å²) >= 11 is 1.48. The number of rotatable bonds is 6. The fraction of sp³-hybridized carbons (Fsp3) is 0.393. The van der Waals surface area contributed by atoms with Crippen molar-refractivity contribution in [2.45, 2.75) is 52.1 Å². The maximum atomic E-state index is 12.8. The van der Waals surface area contributed by atoms with Gasteiger partial charge in [0, 0.05) is 19.0 Å². The molecule has 1 amide bonds. The van der Waals surface area contributed by atoms with Gasteiger partial charge in [-0.3, -0.25) is 0 Å². The van der Waals surface area contributed by atoms with Crippen LogP contribution in [0.2, 0.25) is 0 Å². The molecule has 0 N–H and O–H groups in total. The molecule has 3 aromatic rings. The number of piperidine rings is 1. The molecule has 1 atom stereocenters. The summed E-state index contributed by atoms with van der Waals surface area (Å²) in [5.41, 5.74) is 0.622. The van der Waals surface area contributed by atoms with Crippen LogP contribution >= 0.6 is 11.3 Å². The Morgan fingerprint density at radius 1 is 1.06 bits per heavy atom. The Morgan fingerprint density at radius 2 is 1.75 bits per heavy atom. The number of nitrogens with zero attached hydrogens (tertiary/aromatic N) is 2. The van der Waals surface area contributed by atoms with Crippen LogP contribution < -0.4 is 4.74 Å². The van der Waals surface area contributed by atoms with Crippen LogP contribution in [0, 0.1) is 0 Å². The van der Waals surface area contributed by atoms with Crippen molar-refractivity contribution in [2.24, 2.45) is 0 Å². The molecule has 4 rings (SSSR count). The van der Waals surface area contributed by atoms with Crippen LogP contribution in [0.5, 0.6) is 11.5 Å². The minimum atomic E-state index is -0.550. The number of hydrogen-bond acceptors (Lipinski definition) is 7. The molecule has 0 bridgehead atoms. The number of likely N-dealkylation sites (tertiary alicyclic amines) is 1. The zero-order valence-electron chi connectivity index (χ0n) is 21.2. The first-order valence-electron chi connectivity index (χ1n) is 12.2. The Morgan fingerprint density at radius 3 is 2.42 bits per heavy atom. The molecule has 1 unspecified atom stereocenters. The second kappa shape index (κ2) is 11.1. The Labute approximate surface area is 216 Å². The van der Waals surface area contributed by atoms with E-state index in [9.17, 15) is 9.59 Å². The van der Waals surface area contributed by atoms with E-state index >= 15 is 0 Å². The quantitative estimate of drug-likeness (QED) is 0.337. The lowest BCUT2D eigenvalue weighted by atomic mass is 9.99. The summed E-state index contributed by atoms with van der Waals surface area (Å²) in [5.74, 6) is 1.04. The predicted octanol–water partition coefficient (Wildman–Crippen LogP) is 6.89. The average Bonchev–Trinajstić information content (AvgIpc) is 3.30. The van der Waals surface area contributed by atoms with Gasteiger partial charge in [-0.05, 0) is 82.5 Å². The zero-order chi connectivity index (χ0) is 25.7. The maximum absolute atomic E-state index is 12.8. The fourth-order valence-electron chi connectivity index (χ4n) is 4.01. The van der Waals surface area contributed by atoms with E-state index in [0.29, 0.717) is 24.5 Å². The molecule has 2 heterocycles. The average molecular weight is 509 g/mol. The third kappa shape index (κ3) is 6.43. The summed E-state index contributed by atoms with van der Waals surface area (Å²) in [6.45, 7) is 8.79. The molecule has 1 fully saturated rings. The van der Waals surface area contributed by atoms with Crippen LogP contribution in [0.25, 0.3) is 10.4 Å². The molecule has 190 valence electrons. The smallest absolute Gasteiger partial charge is 0.410 e. The van der Waals surface area contributed by atoms with Gasteiger partial charge in [0.15, 0.2) is 5.69 Å². The number of thiazole rings is 1. The summed E-state index contributed by atoms with van der Waals surface area (Å²) in [6.07, 6.45) is 1.42. The number of amides is 1. The highest BCUT2D eigenvalue weighted by Gasteiger charge is 2.31. The van der Waals surface area contributed by atoms with Gasteiger partial charge in [-0.2, -0.15) is 0 Å². The molecule has 2 aromatic carbocycles. The van der Waals surface area contributed by atoms with Crippen LogP contribution in [0.15, 0.2) is 54.6 Å². The van der Waals surface area contributed by atoms with Gasteiger partial charge in [0.05, 0.1) is 16.5 Å². The van der Waals surface area contributed by atoms with Gasteiger partial charge in [-0.1, -0.05) is 18.2 Å². The molecule has 1 aromatic heterocycles. The van der Waals surface area contributed by atoms with Crippen molar-refractivity contribution in [1.29, 1.82) is 0 Å². The highest BCUT2D eigenvalue weighted by atomic mass is 32.1. The third-order valence-corrected chi connectivity index (χ3v) is 6.90. The SMILES string of the molecule is CCOC(=O)c1nc(C2CCCN(C(=O)OC(C)(C)C)C2)sc1-c1ccc(Oc2ccccc2)cc1. The summed E-state index contributed by atoms with van der Waals surface area (Å²) in [6, 6.07) is 17.2. The standard InChI is InChI=1S/C28H32N2O5S/c1-5-33-26(31)23-24(19-13-15-22(16-14-19)34-21-11-7-6-8-12-21)36-25(29-23)20-10-9-17-30(18-20)27(32)35-28(2,3)4/h6-8,11-16,20H,5,9-10,17-18H2,1-4H3. The lowest BCUT2D eigenvalue weighted by molar-refractivity contribution is 0.0197. The summed E-state index contributed by atoms with van der Waals surface area (Å²) in [7, 11) is 0. The number of para-hydroxylation sites is 1. The van der Waals surface area contributed by atoms with Gasteiger partial charge >= 0.3 is 12.1 Å². The van der Waals surface area contributed by atoms with Gasteiger partial charge in [-0.15, -0.1) is 11.3 Å². The Kier molecular flexibility index (Phi) is 7.94. The number of carbonyl (C=O) groups is 2. The van der Waals surface area contributed by atoms with Gasteiger partial charge in [0.25, 0.3) is 0 Å². The molecule has 1 aliphatic heterocycles. The monoisotopic (exact) mass is 508 g/mol. The van der Waals surface area contributed by atoms with Crippen LogP contribution in [0.4, 0.5) is 4.79 Å². The third-order valence-electron chi connectivity index (χ3n) is 5.63. The molecule has 0 radical (unpaired) electrons. The summed E-state index contributed by atoms with van der Waals surface area (Å²) in [5, 5.41) is 0.825. The van der Waals surface area contributed by atoms with E-state index in [1.54, 1.807) is 11.8 Å². The molecule has 7 nitrogen and oxygen atoms in total. The maximum Gasteiger partial charge on any atom is 0.410 e. The lowest BCUT2D eigenvalue weighted by Gasteiger charge is -2.33. The number of esters is 1. The molecular weight excluding hydrogens is 476 g/mol. The van der Waals surface area contributed by atoms with E-state index in [1.807, 2.05) is 75.4 Å². The fourth-order valence-corrected chi connectivity index (χ4v) is 5.20. The first kappa shape index (κ1) is 25.7. The summed E-state index contributed by atoms with van der Waals surface area (Å²) < 4.78 is 16.8. The molecule has 0 spiro atoms. The van der Waals surface area contributed by atoms with Crippen LogP contribution in [0.1, 0.15) is 62.0 Å². The van der Waals surface area contributed by atoms with Crippen molar-refractivity contribution in [3.05, 3.63) is 65.3 Å². The van der Waals surface area contributed by atoms with Crippen LogP contribution in [-0.4, -0.2) is 47.2 Å². The number of hydrogen-bond donors (Lipinski definition) is 0. The molecule has 1 aliphatic rings. The second-order valence-corrected chi connectivity index (χ2v) is 10.7. The zero-order valence-corrected chi connectivity index (χ0v) is 22.0. The van der Waals surface area contributed by atoms with E-state index in [1.165, 1.54) is 11.3 Å². The normalized spacial score (nSPS) is 15.9.